The van der Waals surface area contributed by atoms with E-state index in [1.165, 1.54) is 0 Å². The summed E-state index contributed by atoms with van der Waals surface area (Å²) in [5.41, 5.74) is 3.97. The monoisotopic (exact) mass is 266 g/mol. The topological polar surface area (TPSA) is 62.2 Å². The van der Waals surface area contributed by atoms with Crippen LogP contribution in [0.25, 0.3) is 11.6 Å². The van der Waals surface area contributed by atoms with Gasteiger partial charge in [-0.05, 0) is 36.3 Å². The summed E-state index contributed by atoms with van der Waals surface area (Å²) in [4.78, 5) is 16.3. The third-order valence-electron chi connectivity index (χ3n) is 3.27. The van der Waals surface area contributed by atoms with Crippen LogP contribution in [0, 0.1) is 0 Å². The van der Waals surface area contributed by atoms with E-state index in [-0.39, 0.29) is 12.5 Å². The number of pyridine rings is 1. The van der Waals surface area contributed by atoms with E-state index in [0.29, 0.717) is 12.0 Å². The third kappa shape index (κ3) is 2.21. The highest BCUT2D eigenvalue weighted by Crippen LogP contribution is 2.35. The van der Waals surface area contributed by atoms with Crippen LogP contribution in [-0.4, -0.2) is 22.6 Å². The molecule has 1 amide bonds. The molecule has 0 aliphatic carbocycles. The average molecular weight is 266 g/mol. The first kappa shape index (κ1) is 12.6. The van der Waals surface area contributed by atoms with Crippen molar-refractivity contribution in [3.63, 3.8) is 0 Å². The normalized spacial score (nSPS) is 15.2. The predicted octanol–water partition coefficient (Wildman–Crippen LogP) is 2.11. The van der Waals surface area contributed by atoms with Crippen LogP contribution in [0.3, 0.4) is 0 Å². The number of anilines is 1. The van der Waals surface area contributed by atoms with Crippen molar-refractivity contribution in [2.45, 2.75) is 6.42 Å². The van der Waals surface area contributed by atoms with Gasteiger partial charge in [0.1, 0.15) is 0 Å². The lowest BCUT2D eigenvalue weighted by Gasteiger charge is -2.06. The summed E-state index contributed by atoms with van der Waals surface area (Å²) in [6, 6.07) is 11.3. The van der Waals surface area contributed by atoms with Crippen LogP contribution in [0.1, 0.15) is 16.8 Å². The largest absolute Gasteiger partial charge is 0.396 e. The summed E-state index contributed by atoms with van der Waals surface area (Å²) >= 11 is 0. The van der Waals surface area contributed by atoms with Crippen molar-refractivity contribution in [3.8, 4) is 0 Å². The van der Waals surface area contributed by atoms with Crippen molar-refractivity contribution in [3.05, 3.63) is 59.4 Å². The molecule has 1 aliphatic heterocycles. The van der Waals surface area contributed by atoms with Crippen LogP contribution in [-0.2, 0) is 11.2 Å². The number of carbonyl (C=O) groups is 1. The molecule has 100 valence electrons. The molecule has 0 unspecified atom stereocenters. The number of rotatable bonds is 3. The first-order valence-electron chi connectivity index (χ1n) is 6.47. The number of fused-ring (bicyclic) bond motifs is 1. The minimum Gasteiger partial charge on any atom is -0.396 e. The Morgan fingerprint density at radius 2 is 2.10 bits per heavy atom. The molecule has 0 radical (unpaired) electrons. The van der Waals surface area contributed by atoms with Gasteiger partial charge in [-0.2, -0.15) is 0 Å². The van der Waals surface area contributed by atoms with Gasteiger partial charge in [0.15, 0.2) is 0 Å². The van der Waals surface area contributed by atoms with E-state index in [0.717, 1.165) is 22.5 Å². The minimum absolute atomic E-state index is 0.0571. The second kappa shape index (κ2) is 5.27. The van der Waals surface area contributed by atoms with E-state index in [1.54, 1.807) is 12.3 Å². The maximum atomic E-state index is 12.1. The Morgan fingerprint density at radius 3 is 2.85 bits per heavy atom. The molecule has 20 heavy (non-hydrogen) atoms. The smallest absolute Gasteiger partial charge is 0.256 e. The fourth-order valence-corrected chi connectivity index (χ4v) is 2.40. The zero-order valence-electron chi connectivity index (χ0n) is 10.8. The molecule has 4 nitrogen and oxygen atoms in total. The highest BCUT2D eigenvalue weighted by Gasteiger charge is 2.26. The zero-order valence-corrected chi connectivity index (χ0v) is 10.8. The quantitative estimate of drug-likeness (QED) is 0.836. The number of hydrogen-bond acceptors (Lipinski definition) is 3. The molecule has 2 heterocycles. The maximum Gasteiger partial charge on any atom is 0.256 e. The fraction of sp³-hybridized carbons (Fsp3) is 0.125. The van der Waals surface area contributed by atoms with E-state index in [4.69, 9.17) is 5.11 Å². The molecule has 2 N–H and O–H groups in total. The number of benzene rings is 1. The zero-order chi connectivity index (χ0) is 13.9. The number of nitrogens with zero attached hydrogens (tertiary/aromatic N) is 1. The lowest BCUT2D eigenvalue weighted by atomic mass is 9.97. The fourth-order valence-electron chi connectivity index (χ4n) is 2.40. The Hall–Kier alpha value is -2.46. The SMILES string of the molecule is O=C1Nc2cccc(CCO)c2C1=Cc1ccccn1. The highest BCUT2D eigenvalue weighted by molar-refractivity contribution is 6.35. The number of aliphatic hydroxyl groups excluding tert-OH is 1. The van der Waals surface area contributed by atoms with Crippen molar-refractivity contribution >= 4 is 23.2 Å². The van der Waals surface area contributed by atoms with Crippen LogP contribution in [0.5, 0.6) is 0 Å². The van der Waals surface area contributed by atoms with Gasteiger partial charge in [0, 0.05) is 24.1 Å². The number of nitrogens with one attached hydrogen (secondary N) is 1. The molecular formula is C16H14N2O2. The summed E-state index contributed by atoms with van der Waals surface area (Å²) in [6.07, 6.45) is 4.00. The summed E-state index contributed by atoms with van der Waals surface area (Å²) in [7, 11) is 0. The van der Waals surface area contributed by atoms with Gasteiger partial charge < -0.3 is 10.4 Å². The van der Waals surface area contributed by atoms with E-state index < -0.39 is 0 Å². The average Bonchev–Trinajstić information content (AvgIpc) is 2.78. The molecule has 1 aliphatic rings. The molecule has 0 saturated carbocycles. The molecular weight excluding hydrogens is 252 g/mol. The standard InChI is InChI=1S/C16H14N2O2/c19-9-7-11-4-3-6-14-15(11)13(16(20)18-14)10-12-5-1-2-8-17-12/h1-6,8,10,19H,7,9H2,(H,18,20). The van der Waals surface area contributed by atoms with Gasteiger partial charge in [0.05, 0.1) is 11.3 Å². The van der Waals surface area contributed by atoms with Crippen LogP contribution >= 0.6 is 0 Å². The molecule has 0 bridgehead atoms. The summed E-state index contributed by atoms with van der Waals surface area (Å²) in [6.45, 7) is 0.0571. The molecule has 2 aromatic rings. The van der Waals surface area contributed by atoms with Crippen molar-refractivity contribution < 1.29 is 9.90 Å². The molecule has 1 aromatic heterocycles. The van der Waals surface area contributed by atoms with Crippen LogP contribution < -0.4 is 5.32 Å². The lowest BCUT2D eigenvalue weighted by molar-refractivity contribution is -0.110. The van der Waals surface area contributed by atoms with Crippen LogP contribution in [0.4, 0.5) is 5.69 Å². The minimum atomic E-state index is -0.129. The lowest BCUT2D eigenvalue weighted by Crippen LogP contribution is -2.03. The van der Waals surface area contributed by atoms with E-state index in [9.17, 15) is 4.79 Å². The Balaban J connectivity index is 2.11. The van der Waals surface area contributed by atoms with Gasteiger partial charge in [-0.3, -0.25) is 9.78 Å². The van der Waals surface area contributed by atoms with Gasteiger partial charge >= 0.3 is 0 Å². The van der Waals surface area contributed by atoms with Crippen molar-refractivity contribution in [2.75, 3.05) is 11.9 Å². The third-order valence-corrected chi connectivity index (χ3v) is 3.27. The van der Waals surface area contributed by atoms with Crippen molar-refractivity contribution in [2.24, 2.45) is 0 Å². The molecule has 0 saturated heterocycles. The number of aromatic nitrogens is 1. The van der Waals surface area contributed by atoms with Gasteiger partial charge in [-0.1, -0.05) is 18.2 Å². The maximum absolute atomic E-state index is 12.1. The molecule has 0 spiro atoms. The van der Waals surface area contributed by atoms with Gasteiger partial charge in [0.25, 0.3) is 5.91 Å². The Labute approximate surface area is 116 Å². The van der Waals surface area contributed by atoms with E-state index in [2.05, 4.69) is 10.3 Å². The summed E-state index contributed by atoms with van der Waals surface area (Å²) in [5.74, 6) is -0.129. The van der Waals surface area contributed by atoms with Crippen molar-refractivity contribution in [1.29, 1.82) is 0 Å². The number of amides is 1. The Bertz CT molecular complexity index is 678. The van der Waals surface area contributed by atoms with Gasteiger partial charge in [0.2, 0.25) is 0 Å². The first-order valence-corrected chi connectivity index (χ1v) is 6.47. The summed E-state index contributed by atoms with van der Waals surface area (Å²) < 4.78 is 0. The molecule has 3 rings (SSSR count). The van der Waals surface area contributed by atoms with Gasteiger partial charge in [-0.25, -0.2) is 0 Å². The van der Waals surface area contributed by atoms with E-state index >= 15 is 0 Å². The van der Waals surface area contributed by atoms with Crippen LogP contribution in [0.2, 0.25) is 0 Å². The Morgan fingerprint density at radius 1 is 1.20 bits per heavy atom. The van der Waals surface area contributed by atoms with E-state index in [1.807, 2.05) is 36.4 Å². The summed E-state index contributed by atoms with van der Waals surface area (Å²) in [5, 5.41) is 12.0. The molecule has 0 atom stereocenters. The molecule has 4 heteroatoms. The Kier molecular flexibility index (Phi) is 3.31. The van der Waals surface area contributed by atoms with Crippen molar-refractivity contribution in [1.82, 2.24) is 4.98 Å². The van der Waals surface area contributed by atoms with Gasteiger partial charge in [-0.15, -0.1) is 0 Å². The number of aliphatic hydroxyl groups is 1. The number of hydrogen-bond donors (Lipinski definition) is 2. The molecule has 1 aromatic carbocycles. The first-order chi connectivity index (χ1) is 9.79. The second-order valence-electron chi connectivity index (χ2n) is 4.58. The second-order valence-corrected chi connectivity index (χ2v) is 4.58. The van der Waals surface area contributed by atoms with Crippen LogP contribution in [0.15, 0.2) is 42.6 Å². The number of carbonyl (C=O) groups excluding carboxylic acids is 1. The predicted molar refractivity (Wildman–Crippen MR) is 78.0 cm³/mol. The highest BCUT2D eigenvalue weighted by atomic mass is 16.3. The molecule has 0 fully saturated rings.